The van der Waals surface area contributed by atoms with E-state index in [0.29, 0.717) is 24.3 Å². The highest BCUT2D eigenvalue weighted by atomic mass is 19.1. The zero-order valence-corrected chi connectivity index (χ0v) is 20.1. The number of rotatable bonds is 4. The number of alkyl halides is 2. The number of nitrogens with zero attached hydrogens (tertiary/aromatic N) is 2. The second kappa shape index (κ2) is 9.72. The van der Waals surface area contributed by atoms with Gasteiger partial charge in [0, 0.05) is 24.2 Å². The highest BCUT2D eigenvalue weighted by Crippen LogP contribution is 2.35. The molecule has 7 heteroatoms. The number of hydrogen-bond acceptors (Lipinski definition) is 4. The fourth-order valence-corrected chi connectivity index (χ4v) is 4.44. The van der Waals surface area contributed by atoms with E-state index in [0.717, 1.165) is 23.1 Å². The Morgan fingerprint density at radius 3 is 2.71 bits per heavy atom. The van der Waals surface area contributed by atoms with Gasteiger partial charge in [0.15, 0.2) is 0 Å². The first-order valence-electron chi connectivity index (χ1n) is 11.8. The SMILES string of the molecule is C[C@@H](Oc1cncc(-c2ccc3c(c2)C(F)CN(C(=O)OC(C)(C)C)C3)c1)C1CC=CC(F)C1. The minimum absolute atomic E-state index is 0.0459. The van der Waals surface area contributed by atoms with Crippen molar-refractivity contribution in [2.24, 2.45) is 5.92 Å². The summed E-state index contributed by atoms with van der Waals surface area (Å²) in [7, 11) is 0. The van der Waals surface area contributed by atoms with Gasteiger partial charge in [0.05, 0.1) is 18.8 Å². The molecule has 0 fully saturated rings. The molecule has 182 valence electrons. The van der Waals surface area contributed by atoms with Crippen LogP contribution in [0, 0.1) is 5.92 Å². The molecule has 1 aliphatic carbocycles. The van der Waals surface area contributed by atoms with E-state index in [1.807, 2.05) is 37.3 Å². The van der Waals surface area contributed by atoms with Crippen molar-refractivity contribution >= 4 is 6.09 Å². The topological polar surface area (TPSA) is 51.7 Å². The first kappa shape index (κ1) is 24.2. The van der Waals surface area contributed by atoms with Crippen molar-refractivity contribution in [2.45, 2.75) is 71.1 Å². The van der Waals surface area contributed by atoms with E-state index < -0.39 is 24.0 Å². The molecular formula is C27H32F2N2O3. The summed E-state index contributed by atoms with van der Waals surface area (Å²) in [5.41, 5.74) is 2.32. The zero-order chi connectivity index (χ0) is 24.5. The van der Waals surface area contributed by atoms with E-state index in [1.165, 1.54) is 4.90 Å². The van der Waals surface area contributed by atoms with Crippen molar-refractivity contribution < 1.29 is 23.0 Å². The van der Waals surface area contributed by atoms with Crippen molar-refractivity contribution in [3.8, 4) is 16.9 Å². The van der Waals surface area contributed by atoms with Gasteiger partial charge in [0.2, 0.25) is 0 Å². The summed E-state index contributed by atoms with van der Waals surface area (Å²) in [6, 6.07) is 7.43. The Hall–Kier alpha value is -2.96. The fourth-order valence-electron chi connectivity index (χ4n) is 4.44. The Balaban J connectivity index is 1.48. The maximum Gasteiger partial charge on any atom is 0.410 e. The second-order valence-corrected chi connectivity index (χ2v) is 10.1. The molecule has 5 nitrogen and oxygen atoms in total. The molecule has 0 spiro atoms. The van der Waals surface area contributed by atoms with Crippen molar-refractivity contribution in [3.05, 3.63) is 59.9 Å². The van der Waals surface area contributed by atoms with Crippen molar-refractivity contribution in [3.63, 3.8) is 0 Å². The highest BCUT2D eigenvalue weighted by Gasteiger charge is 2.31. The van der Waals surface area contributed by atoms with Gasteiger partial charge >= 0.3 is 6.09 Å². The smallest absolute Gasteiger partial charge is 0.410 e. The van der Waals surface area contributed by atoms with Gasteiger partial charge in [-0.05, 0) is 69.4 Å². The van der Waals surface area contributed by atoms with Crippen LogP contribution in [0.3, 0.4) is 0 Å². The van der Waals surface area contributed by atoms with Crippen LogP contribution < -0.4 is 4.74 Å². The van der Waals surface area contributed by atoms with Gasteiger partial charge < -0.3 is 14.4 Å². The third kappa shape index (κ3) is 5.75. The molecule has 1 aromatic heterocycles. The van der Waals surface area contributed by atoms with Crippen LogP contribution in [0.25, 0.3) is 11.1 Å². The van der Waals surface area contributed by atoms with Gasteiger partial charge in [-0.1, -0.05) is 24.3 Å². The predicted octanol–water partition coefficient (Wildman–Crippen LogP) is 6.58. The molecule has 4 rings (SSSR count). The van der Waals surface area contributed by atoms with Crippen LogP contribution in [0.1, 0.15) is 57.8 Å². The maximum absolute atomic E-state index is 15.1. The van der Waals surface area contributed by atoms with Crippen molar-refractivity contribution in [1.29, 1.82) is 0 Å². The van der Waals surface area contributed by atoms with Crippen LogP contribution in [0.5, 0.6) is 5.75 Å². The zero-order valence-electron chi connectivity index (χ0n) is 20.1. The quantitative estimate of drug-likeness (QED) is 0.474. The molecule has 0 saturated heterocycles. The summed E-state index contributed by atoms with van der Waals surface area (Å²) in [6.45, 7) is 7.58. The van der Waals surface area contributed by atoms with Crippen LogP contribution in [0.2, 0.25) is 0 Å². The molecule has 2 aromatic rings. The molecule has 1 aliphatic heterocycles. The molecule has 0 saturated carbocycles. The summed E-state index contributed by atoms with van der Waals surface area (Å²) >= 11 is 0. The number of amides is 1. The van der Waals surface area contributed by atoms with E-state index in [4.69, 9.17) is 9.47 Å². The third-order valence-electron chi connectivity index (χ3n) is 6.22. The number of hydrogen-bond donors (Lipinski definition) is 0. The molecule has 3 unspecified atom stereocenters. The van der Waals surface area contributed by atoms with Crippen molar-refractivity contribution in [2.75, 3.05) is 6.54 Å². The Morgan fingerprint density at radius 2 is 1.97 bits per heavy atom. The van der Waals surface area contributed by atoms with Gasteiger partial charge in [-0.2, -0.15) is 0 Å². The standard InChI is InChI=1S/C27H32F2N2O3/c1-17(18-6-5-7-22(28)10-18)33-23-11-21(13-30-14-23)19-8-9-20-15-31(16-25(29)24(20)12-19)26(32)34-27(2,3)4/h5,7-9,11-14,17-18,22,25H,6,10,15-16H2,1-4H3/t17-,18?,22?,25?/m1/s1. The Bertz CT molecular complexity index is 1070. The molecule has 1 aromatic carbocycles. The largest absolute Gasteiger partial charge is 0.489 e. The number of benzene rings is 1. The van der Waals surface area contributed by atoms with E-state index >= 15 is 4.39 Å². The normalized spacial score (nSPS) is 23.2. The summed E-state index contributed by atoms with van der Waals surface area (Å²) in [4.78, 5) is 18.1. The Kier molecular flexibility index (Phi) is 6.91. The van der Waals surface area contributed by atoms with Gasteiger partial charge in [0.25, 0.3) is 0 Å². The lowest BCUT2D eigenvalue weighted by molar-refractivity contribution is 0.0159. The monoisotopic (exact) mass is 470 g/mol. The number of pyridine rings is 1. The summed E-state index contributed by atoms with van der Waals surface area (Å²) < 4.78 is 40.3. The van der Waals surface area contributed by atoms with E-state index in [-0.39, 0.29) is 18.6 Å². The number of carbonyl (C=O) groups excluding carboxylic acids is 1. The average Bonchev–Trinajstić information content (AvgIpc) is 2.78. The third-order valence-corrected chi connectivity index (χ3v) is 6.22. The summed E-state index contributed by atoms with van der Waals surface area (Å²) in [5.74, 6) is 0.702. The second-order valence-electron chi connectivity index (χ2n) is 10.1. The number of halogens is 2. The predicted molar refractivity (Wildman–Crippen MR) is 127 cm³/mol. The highest BCUT2D eigenvalue weighted by molar-refractivity contribution is 5.70. The number of allylic oxidation sites excluding steroid dienone is 2. The van der Waals surface area contributed by atoms with Crippen molar-refractivity contribution in [1.82, 2.24) is 9.88 Å². The number of ether oxygens (including phenoxy) is 2. The molecule has 0 radical (unpaired) electrons. The maximum atomic E-state index is 15.1. The van der Waals surface area contributed by atoms with Gasteiger partial charge in [0.1, 0.15) is 23.7 Å². The van der Waals surface area contributed by atoms with Crippen LogP contribution in [0.4, 0.5) is 13.6 Å². The lowest BCUT2D eigenvalue weighted by Crippen LogP contribution is -2.40. The Morgan fingerprint density at radius 1 is 1.18 bits per heavy atom. The van der Waals surface area contributed by atoms with Gasteiger partial charge in [-0.25, -0.2) is 13.6 Å². The number of aromatic nitrogens is 1. The molecule has 4 atom stereocenters. The first-order chi connectivity index (χ1) is 16.1. The van der Waals surface area contributed by atoms with Crippen LogP contribution in [-0.2, 0) is 11.3 Å². The van der Waals surface area contributed by atoms with E-state index in [2.05, 4.69) is 4.98 Å². The van der Waals surface area contributed by atoms with E-state index in [9.17, 15) is 9.18 Å². The summed E-state index contributed by atoms with van der Waals surface area (Å²) in [5, 5.41) is 0. The molecule has 1 amide bonds. The lowest BCUT2D eigenvalue weighted by Gasteiger charge is -2.33. The van der Waals surface area contributed by atoms with Gasteiger partial charge in [-0.3, -0.25) is 4.98 Å². The lowest BCUT2D eigenvalue weighted by atomic mass is 9.89. The molecule has 2 aliphatic rings. The van der Waals surface area contributed by atoms with Crippen LogP contribution >= 0.6 is 0 Å². The van der Waals surface area contributed by atoms with Gasteiger partial charge in [-0.15, -0.1) is 0 Å². The first-order valence-corrected chi connectivity index (χ1v) is 11.8. The Labute approximate surface area is 199 Å². The summed E-state index contributed by atoms with van der Waals surface area (Å²) in [6.07, 6.45) is 5.17. The molecule has 34 heavy (non-hydrogen) atoms. The van der Waals surface area contributed by atoms with E-state index in [1.54, 1.807) is 39.2 Å². The molecular weight excluding hydrogens is 438 g/mol. The minimum atomic E-state index is -1.31. The minimum Gasteiger partial charge on any atom is -0.489 e. The van der Waals surface area contributed by atoms with Crippen LogP contribution in [-0.4, -0.2) is 40.4 Å². The number of carbonyl (C=O) groups is 1. The fraction of sp³-hybridized carbons (Fsp3) is 0.481. The molecule has 2 heterocycles. The number of fused-ring (bicyclic) bond motifs is 1. The average molecular weight is 471 g/mol. The van der Waals surface area contributed by atoms with Crippen LogP contribution in [0.15, 0.2) is 48.8 Å². The molecule has 0 bridgehead atoms. The molecule has 0 N–H and O–H groups in total.